The zero-order valence-electron chi connectivity index (χ0n) is 53.9. The third-order valence-corrected chi connectivity index (χ3v) is 23.8. The molecule has 2 saturated heterocycles. The van der Waals surface area contributed by atoms with Crippen LogP contribution in [0.5, 0.6) is 5.75 Å². The van der Waals surface area contributed by atoms with E-state index in [-0.39, 0.29) is 22.8 Å². The molecule has 9 rings (SSSR count). The van der Waals surface area contributed by atoms with Crippen molar-refractivity contribution in [2.24, 2.45) is 23.2 Å². The molecule has 5 aromatic rings. The fourth-order valence-electron chi connectivity index (χ4n) is 13.0. The highest BCUT2D eigenvalue weighted by Crippen LogP contribution is 2.48. The normalized spacial score (nSPS) is 18.1. The highest BCUT2D eigenvalue weighted by Gasteiger charge is 2.49. The molecule has 3 unspecified atom stereocenters. The van der Waals surface area contributed by atoms with E-state index >= 15 is 0 Å². The van der Waals surface area contributed by atoms with Crippen LogP contribution in [0.4, 0.5) is 33.3 Å². The Morgan fingerprint density at radius 3 is 2.17 bits per heavy atom. The molecule has 3 N–H and O–H groups in total. The highest BCUT2D eigenvalue weighted by atomic mass is 32.2. The van der Waals surface area contributed by atoms with Crippen LogP contribution < -0.4 is 25.0 Å². The molecule has 2 aliphatic heterocycles. The average Bonchev–Trinajstić information content (AvgIpc) is 1.47. The molecule has 1 aromatic heterocycles. The Kier molecular flexibility index (Phi) is 25.3. The minimum atomic E-state index is -6.12. The summed E-state index contributed by atoms with van der Waals surface area (Å²) in [6.45, 7) is 18.1. The molecule has 4 aromatic carbocycles. The van der Waals surface area contributed by atoms with E-state index in [1.54, 1.807) is 23.5 Å². The van der Waals surface area contributed by atoms with Gasteiger partial charge >= 0.3 is 5.51 Å². The topological polar surface area (TPSA) is 174 Å². The number of nitrogens with zero attached hydrogens (tertiary/aromatic N) is 5. The summed E-state index contributed by atoms with van der Waals surface area (Å²) in [4.78, 5) is 38.2. The van der Waals surface area contributed by atoms with Gasteiger partial charge in [-0.15, -0.1) is 23.1 Å². The van der Waals surface area contributed by atoms with Crippen molar-refractivity contribution < 1.29 is 53.1 Å². The number of alkyl halides is 5. The summed E-state index contributed by atoms with van der Waals surface area (Å²) in [5.41, 5.74) is 2.17. The Morgan fingerprint density at radius 2 is 1.52 bits per heavy atom. The van der Waals surface area contributed by atoms with E-state index in [1.807, 2.05) is 65.7 Å². The van der Waals surface area contributed by atoms with E-state index < -0.39 is 65.1 Å². The number of nitrogens with one attached hydrogen (secondary N) is 3. The number of allylic oxidation sites excluding steroid dienone is 1. The van der Waals surface area contributed by atoms with Crippen molar-refractivity contribution >= 4 is 66.7 Å². The Labute approximate surface area is 555 Å². The fraction of sp³-hybridized carbons (Fsp3) is 0.551. The van der Waals surface area contributed by atoms with E-state index in [2.05, 4.69) is 56.0 Å². The van der Waals surface area contributed by atoms with Crippen LogP contribution in [0.1, 0.15) is 126 Å². The maximum absolute atomic E-state index is 14.5. The van der Waals surface area contributed by atoms with E-state index in [9.17, 15) is 48.4 Å². The summed E-state index contributed by atoms with van der Waals surface area (Å²) >= 11 is 3.04. The number of thiazole rings is 1. The summed E-state index contributed by atoms with van der Waals surface area (Å²) < 4.78 is 134. The zero-order valence-corrected chi connectivity index (χ0v) is 57.2. The Balaban J connectivity index is 0.749. The molecule has 15 nitrogen and oxygen atoms in total. The van der Waals surface area contributed by atoms with Crippen molar-refractivity contribution in [3.05, 3.63) is 124 Å². The number of ether oxygens (including phenoxy) is 1. The SMILES string of the molecule is Cc1ncsc1-c1ccc(CNC=O)c(OCCCCCCCCN2CCN(CCC(CSc3ccccc3)Nc3ccc(S(=O)(=O)NC(=O)c4ccc(N5CCN(CC6=C(C(C)CC(C(F)F)C7CC7)CC(C)(C)CC6)CC5)cc4)cc3S(=O)(=O)C(F)(F)F)CC2)c1. The molecular formula is C69H91F5N8O7S4. The first-order valence-electron chi connectivity index (χ1n) is 32.8. The van der Waals surface area contributed by atoms with E-state index in [4.69, 9.17) is 4.74 Å². The Hall–Kier alpha value is -5.63. The van der Waals surface area contributed by atoms with Gasteiger partial charge in [-0.1, -0.05) is 87.9 Å². The van der Waals surface area contributed by atoms with Crippen molar-refractivity contribution in [2.75, 3.05) is 94.6 Å². The number of carbonyl (C=O) groups is 2. The van der Waals surface area contributed by atoms with Gasteiger partial charge in [-0.3, -0.25) is 14.5 Å². The van der Waals surface area contributed by atoms with Crippen LogP contribution in [-0.2, 0) is 31.2 Å². The van der Waals surface area contributed by atoms with Crippen LogP contribution in [0.25, 0.3) is 10.4 Å². The number of hydrogen-bond acceptors (Lipinski definition) is 15. The van der Waals surface area contributed by atoms with Crippen LogP contribution in [0.2, 0.25) is 0 Å². The number of anilines is 2. The highest BCUT2D eigenvalue weighted by molar-refractivity contribution is 7.99. The van der Waals surface area contributed by atoms with Gasteiger partial charge in [0.15, 0.2) is 0 Å². The summed E-state index contributed by atoms with van der Waals surface area (Å²) in [5, 5.41) is 5.81. The zero-order chi connectivity index (χ0) is 66.3. The first-order valence-corrected chi connectivity index (χ1v) is 37.6. The summed E-state index contributed by atoms with van der Waals surface area (Å²) in [7, 11) is -11.0. The standard InChI is InChI=1S/C69H91F5N8O7S4/c1-49(40-60(66(70)71)51-16-17-51)61-43-68(3,4)28-26-55(61)45-81-35-37-82(38-36-81)57-22-20-52(21-23-57)67(84)78-93(87,88)59-24-25-62(64(42-59)92(85,86)69(72,73)74)77-56(46-90-58-14-10-9-11-15-58)27-30-80-33-31-79(32-34-80)29-12-7-5-6-8-13-39-89-63-41-53(65-50(2)76-48-91-65)18-19-54(63)44-75-47-83/h9-11,14-15,18-25,41-42,47-49,51,56,60,66,77H,5-8,12-13,16-17,26-40,43-46H2,1-4H3,(H,75,83)(H,78,84). The first-order chi connectivity index (χ1) is 44.5. The van der Waals surface area contributed by atoms with Crippen LogP contribution in [-0.4, -0.2) is 151 Å². The molecule has 0 bridgehead atoms. The number of rotatable bonds is 34. The number of piperazine rings is 2. The van der Waals surface area contributed by atoms with Gasteiger partial charge in [0.1, 0.15) is 10.6 Å². The predicted octanol–water partition coefficient (Wildman–Crippen LogP) is 13.7. The molecule has 3 atom stereocenters. The lowest BCUT2D eigenvalue weighted by atomic mass is 9.69. The second-order valence-corrected chi connectivity index (χ2v) is 31.8. The number of benzene rings is 4. The molecule has 2 amide bonds. The molecule has 508 valence electrons. The number of sulfone groups is 1. The first kappa shape index (κ1) is 71.7. The predicted molar refractivity (Wildman–Crippen MR) is 361 cm³/mol. The molecule has 2 aliphatic carbocycles. The van der Waals surface area contributed by atoms with Crippen molar-refractivity contribution in [2.45, 2.75) is 150 Å². The van der Waals surface area contributed by atoms with Gasteiger partial charge in [-0.2, -0.15) is 13.2 Å². The number of hydrogen-bond donors (Lipinski definition) is 3. The molecule has 4 aliphatic rings. The van der Waals surface area contributed by atoms with Crippen molar-refractivity contribution in [3.8, 4) is 16.2 Å². The Morgan fingerprint density at radius 1 is 0.839 bits per heavy atom. The summed E-state index contributed by atoms with van der Waals surface area (Å²) in [5.74, 6) is -0.257. The lowest BCUT2D eigenvalue weighted by Gasteiger charge is -2.40. The number of aromatic nitrogens is 1. The molecule has 0 spiro atoms. The molecule has 24 heteroatoms. The van der Waals surface area contributed by atoms with E-state index in [0.29, 0.717) is 63.9 Å². The number of halogens is 5. The number of carbonyl (C=O) groups excluding carboxylic acids is 2. The van der Waals surface area contributed by atoms with Gasteiger partial charge in [0.25, 0.3) is 25.8 Å². The molecular weight excluding hydrogens is 1280 g/mol. The number of unbranched alkanes of at least 4 members (excludes halogenated alkanes) is 5. The van der Waals surface area contributed by atoms with Crippen molar-refractivity contribution in [1.82, 2.24) is 29.7 Å². The number of sulfonamides is 1. The quantitative estimate of drug-likeness (QED) is 0.0117. The smallest absolute Gasteiger partial charge is 0.493 e. The summed E-state index contributed by atoms with van der Waals surface area (Å²) in [6, 6.07) is 23.7. The minimum Gasteiger partial charge on any atom is -0.493 e. The molecule has 93 heavy (non-hydrogen) atoms. The number of aryl methyl sites for hydroxylation is 1. The second kappa shape index (κ2) is 32.9. The van der Waals surface area contributed by atoms with Gasteiger partial charge < -0.3 is 30.1 Å². The van der Waals surface area contributed by atoms with Gasteiger partial charge in [0.05, 0.1) is 33.3 Å². The third kappa shape index (κ3) is 20.2. The second-order valence-electron chi connectivity index (χ2n) is 26.3. The van der Waals surface area contributed by atoms with Crippen LogP contribution in [0.15, 0.2) is 122 Å². The number of amides is 2. The maximum Gasteiger partial charge on any atom is 0.501 e. The molecule has 3 fully saturated rings. The lowest BCUT2D eigenvalue weighted by molar-refractivity contribution is -0.109. The van der Waals surface area contributed by atoms with Gasteiger partial charge in [0, 0.05) is 111 Å². The van der Waals surface area contributed by atoms with Crippen molar-refractivity contribution in [3.63, 3.8) is 0 Å². The maximum atomic E-state index is 14.5. The van der Waals surface area contributed by atoms with E-state index in [1.165, 1.54) is 35.0 Å². The average molecular weight is 1370 g/mol. The lowest BCUT2D eigenvalue weighted by Crippen LogP contribution is -2.47. The van der Waals surface area contributed by atoms with E-state index in [0.717, 1.165) is 173 Å². The number of thioether (sulfide) groups is 1. The minimum absolute atomic E-state index is 0.0309. The molecule has 1 saturated carbocycles. The van der Waals surface area contributed by atoms with Gasteiger partial charge in [-0.25, -0.2) is 35.3 Å². The van der Waals surface area contributed by atoms with Crippen molar-refractivity contribution in [1.29, 1.82) is 0 Å². The largest absolute Gasteiger partial charge is 0.501 e. The van der Waals surface area contributed by atoms with Crippen LogP contribution >= 0.6 is 23.1 Å². The third-order valence-electron chi connectivity index (χ3n) is 18.8. The monoisotopic (exact) mass is 1370 g/mol. The summed E-state index contributed by atoms with van der Waals surface area (Å²) in [6.07, 6.45) is 10.4. The van der Waals surface area contributed by atoms with Crippen LogP contribution in [0.3, 0.4) is 0 Å². The van der Waals surface area contributed by atoms with Gasteiger partial charge in [0.2, 0.25) is 12.8 Å². The van der Waals surface area contributed by atoms with Crippen LogP contribution in [0, 0.1) is 30.1 Å². The Bertz CT molecular complexity index is 3520. The molecule has 3 heterocycles. The molecule has 0 radical (unpaired) electrons. The van der Waals surface area contributed by atoms with Gasteiger partial charge in [-0.05, 0) is 155 Å². The fourth-order valence-corrected chi connectivity index (χ4v) is 16.8.